The van der Waals surface area contributed by atoms with Gasteiger partial charge in [0.05, 0.1) is 12.1 Å². The maximum Gasteiger partial charge on any atom is 0.128 e. The summed E-state index contributed by atoms with van der Waals surface area (Å²) in [4.78, 5) is 10.9. The van der Waals surface area contributed by atoms with Gasteiger partial charge in [0.25, 0.3) is 0 Å². The van der Waals surface area contributed by atoms with Crippen LogP contribution in [0.25, 0.3) is 27.0 Å². The molecular weight excluding hydrogens is 270 g/mol. The summed E-state index contributed by atoms with van der Waals surface area (Å²) in [6.45, 7) is 0.0573. The van der Waals surface area contributed by atoms with E-state index in [-0.39, 0.29) is 6.61 Å². The number of nitrogens with zero attached hydrogens (tertiary/aromatic N) is 3. The van der Waals surface area contributed by atoms with E-state index >= 15 is 0 Å². The molecule has 0 fully saturated rings. The highest BCUT2D eigenvalue weighted by Gasteiger charge is 2.11. The summed E-state index contributed by atoms with van der Waals surface area (Å²) in [5.41, 5.74) is 2.89. The standard InChI is InChI=1S/C15H11N3OS/c19-8-12-7-18-9-17-14(15(18)20-12)11-5-10-3-1-2-4-13(10)16-6-11/h1-7,9,19H,8H2. The highest BCUT2D eigenvalue weighted by molar-refractivity contribution is 7.17. The number of hydrogen-bond donors (Lipinski definition) is 1. The molecule has 0 bridgehead atoms. The van der Waals surface area contributed by atoms with Crippen LogP contribution in [0.15, 0.2) is 49.1 Å². The van der Waals surface area contributed by atoms with Crippen molar-refractivity contribution in [2.45, 2.75) is 6.61 Å². The highest BCUT2D eigenvalue weighted by Crippen LogP contribution is 2.30. The Bertz CT molecular complexity index is 910. The lowest BCUT2D eigenvalue weighted by molar-refractivity contribution is 0.285. The van der Waals surface area contributed by atoms with Crippen molar-refractivity contribution in [3.63, 3.8) is 0 Å². The number of fused-ring (bicyclic) bond motifs is 2. The summed E-state index contributed by atoms with van der Waals surface area (Å²) in [7, 11) is 0. The number of aliphatic hydroxyl groups excluding tert-OH is 1. The van der Waals surface area contributed by atoms with Gasteiger partial charge in [0.15, 0.2) is 0 Å². The first kappa shape index (κ1) is 11.6. The first-order chi connectivity index (χ1) is 9.85. The molecule has 1 aromatic carbocycles. The van der Waals surface area contributed by atoms with Gasteiger partial charge < -0.3 is 5.11 Å². The van der Waals surface area contributed by atoms with Crippen molar-refractivity contribution >= 4 is 27.1 Å². The number of rotatable bonds is 2. The Hall–Kier alpha value is -2.24. The quantitative estimate of drug-likeness (QED) is 0.614. The lowest BCUT2D eigenvalue weighted by Crippen LogP contribution is -1.82. The third kappa shape index (κ3) is 1.71. The zero-order valence-corrected chi connectivity index (χ0v) is 11.3. The summed E-state index contributed by atoms with van der Waals surface area (Å²) in [5, 5.41) is 10.3. The molecule has 0 saturated carbocycles. The van der Waals surface area contributed by atoms with Gasteiger partial charge in [0.1, 0.15) is 16.9 Å². The number of thiazole rings is 1. The second kappa shape index (κ2) is 4.40. The van der Waals surface area contributed by atoms with Gasteiger partial charge in [0, 0.05) is 28.2 Å². The summed E-state index contributed by atoms with van der Waals surface area (Å²) in [6, 6.07) is 10.1. The summed E-state index contributed by atoms with van der Waals surface area (Å²) >= 11 is 1.55. The molecule has 3 heterocycles. The zero-order valence-electron chi connectivity index (χ0n) is 10.5. The average molecular weight is 281 g/mol. The minimum atomic E-state index is 0.0573. The molecule has 4 rings (SSSR count). The van der Waals surface area contributed by atoms with Crippen LogP contribution in [0.4, 0.5) is 0 Å². The van der Waals surface area contributed by atoms with Gasteiger partial charge in [-0.15, -0.1) is 11.3 Å². The molecule has 4 aromatic rings. The Morgan fingerprint density at radius 3 is 3.00 bits per heavy atom. The minimum Gasteiger partial charge on any atom is -0.391 e. The van der Waals surface area contributed by atoms with Gasteiger partial charge >= 0.3 is 0 Å². The number of benzene rings is 1. The Labute approximate surface area is 119 Å². The number of hydrogen-bond acceptors (Lipinski definition) is 4. The van der Waals surface area contributed by atoms with Gasteiger partial charge in [-0.25, -0.2) is 4.98 Å². The normalized spacial score (nSPS) is 11.4. The predicted molar refractivity (Wildman–Crippen MR) is 79.7 cm³/mol. The molecule has 1 N–H and O–H groups in total. The zero-order chi connectivity index (χ0) is 13.5. The van der Waals surface area contributed by atoms with E-state index in [4.69, 9.17) is 0 Å². The third-order valence-corrected chi connectivity index (χ3v) is 4.37. The topological polar surface area (TPSA) is 50.4 Å². The Balaban J connectivity index is 1.93. The fourth-order valence-corrected chi connectivity index (χ4v) is 3.27. The van der Waals surface area contributed by atoms with Crippen LogP contribution < -0.4 is 0 Å². The second-order valence-electron chi connectivity index (χ2n) is 4.58. The third-order valence-electron chi connectivity index (χ3n) is 3.28. The van der Waals surface area contributed by atoms with Crippen molar-refractivity contribution in [3.05, 3.63) is 53.9 Å². The number of aromatic nitrogens is 3. The summed E-state index contributed by atoms with van der Waals surface area (Å²) in [5.74, 6) is 0. The maximum absolute atomic E-state index is 9.22. The van der Waals surface area contributed by atoms with Crippen LogP contribution in [-0.4, -0.2) is 19.5 Å². The van der Waals surface area contributed by atoms with Crippen LogP contribution in [0.1, 0.15) is 4.88 Å². The predicted octanol–water partition coefficient (Wildman–Crippen LogP) is 3.10. The van der Waals surface area contributed by atoms with E-state index in [0.29, 0.717) is 0 Å². The van der Waals surface area contributed by atoms with Gasteiger partial charge in [-0.05, 0) is 12.1 Å². The van der Waals surface area contributed by atoms with Crippen LogP contribution in [0.3, 0.4) is 0 Å². The molecule has 4 nitrogen and oxygen atoms in total. The first-order valence-corrected chi connectivity index (χ1v) is 7.08. The van der Waals surface area contributed by atoms with E-state index in [2.05, 4.69) is 16.0 Å². The molecule has 0 amide bonds. The van der Waals surface area contributed by atoms with Crippen molar-refractivity contribution in [3.8, 4) is 11.3 Å². The Kier molecular flexibility index (Phi) is 2.55. The molecule has 0 aliphatic heterocycles. The highest BCUT2D eigenvalue weighted by atomic mass is 32.1. The van der Waals surface area contributed by atoms with E-state index < -0.39 is 0 Å². The first-order valence-electron chi connectivity index (χ1n) is 6.26. The molecule has 0 spiro atoms. The van der Waals surface area contributed by atoms with Crippen molar-refractivity contribution in [1.29, 1.82) is 0 Å². The SMILES string of the molecule is OCc1cn2cnc(-c3cnc4ccccc4c3)c2s1. The lowest BCUT2D eigenvalue weighted by Gasteiger charge is -2.00. The molecule has 0 aliphatic carbocycles. The van der Waals surface area contributed by atoms with Crippen molar-refractivity contribution in [1.82, 2.24) is 14.4 Å². The number of imidazole rings is 1. The molecule has 5 heteroatoms. The molecule has 0 radical (unpaired) electrons. The molecule has 0 aliphatic rings. The fraction of sp³-hybridized carbons (Fsp3) is 0.0667. The number of para-hydroxylation sites is 1. The Morgan fingerprint density at radius 2 is 2.10 bits per heavy atom. The lowest BCUT2D eigenvalue weighted by atomic mass is 10.1. The molecule has 0 atom stereocenters. The molecule has 0 saturated heterocycles. The van der Waals surface area contributed by atoms with Crippen LogP contribution in [0.5, 0.6) is 0 Å². The van der Waals surface area contributed by atoms with E-state index in [9.17, 15) is 5.11 Å². The van der Waals surface area contributed by atoms with Gasteiger partial charge in [-0.2, -0.15) is 0 Å². The molecule has 20 heavy (non-hydrogen) atoms. The van der Waals surface area contributed by atoms with Crippen LogP contribution in [-0.2, 0) is 6.61 Å². The molecule has 3 aromatic heterocycles. The van der Waals surface area contributed by atoms with Crippen LogP contribution in [0.2, 0.25) is 0 Å². The van der Waals surface area contributed by atoms with Crippen molar-refractivity contribution in [2.24, 2.45) is 0 Å². The monoisotopic (exact) mass is 281 g/mol. The van der Waals surface area contributed by atoms with Crippen LogP contribution >= 0.6 is 11.3 Å². The Morgan fingerprint density at radius 1 is 1.20 bits per heavy atom. The minimum absolute atomic E-state index is 0.0573. The van der Waals surface area contributed by atoms with Crippen molar-refractivity contribution < 1.29 is 5.11 Å². The summed E-state index contributed by atoms with van der Waals surface area (Å²) in [6.07, 6.45) is 5.53. The van der Waals surface area contributed by atoms with E-state index in [1.165, 1.54) is 0 Å². The largest absolute Gasteiger partial charge is 0.391 e. The van der Waals surface area contributed by atoms with E-state index in [0.717, 1.165) is 31.9 Å². The number of pyridine rings is 1. The fourth-order valence-electron chi connectivity index (χ4n) is 2.32. The number of aliphatic hydroxyl groups is 1. The average Bonchev–Trinajstić information content (AvgIpc) is 3.06. The molecular formula is C15H11N3OS. The van der Waals surface area contributed by atoms with Crippen molar-refractivity contribution in [2.75, 3.05) is 0 Å². The van der Waals surface area contributed by atoms with E-state index in [1.54, 1.807) is 17.7 Å². The molecule has 98 valence electrons. The van der Waals surface area contributed by atoms with Gasteiger partial charge in [-0.3, -0.25) is 9.38 Å². The maximum atomic E-state index is 9.22. The molecule has 0 unspecified atom stereocenters. The van der Waals surface area contributed by atoms with E-state index in [1.807, 2.05) is 41.1 Å². The smallest absolute Gasteiger partial charge is 0.128 e. The second-order valence-corrected chi connectivity index (χ2v) is 5.69. The van der Waals surface area contributed by atoms with Crippen LogP contribution in [0, 0.1) is 0 Å². The van der Waals surface area contributed by atoms with Gasteiger partial charge in [-0.1, -0.05) is 18.2 Å². The summed E-state index contributed by atoms with van der Waals surface area (Å²) < 4.78 is 1.95. The van der Waals surface area contributed by atoms with Gasteiger partial charge in [0.2, 0.25) is 0 Å².